The fourth-order valence-electron chi connectivity index (χ4n) is 1.58. The van der Waals surface area contributed by atoms with Crippen LogP contribution in [0.4, 0.5) is 0 Å². The Morgan fingerprint density at radius 2 is 2.65 bits per heavy atom. The van der Waals surface area contributed by atoms with E-state index < -0.39 is 0 Å². The van der Waals surface area contributed by atoms with Gasteiger partial charge in [-0.25, -0.2) is 10.8 Å². The first kappa shape index (κ1) is 12.4. The van der Waals surface area contributed by atoms with Crippen LogP contribution in [0.5, 0.6) is 0 Å². The normalized spacial score (nSPS) is 19.5. The van der Waals surface area contributed by atoms with E-state index in [9.17, 15) is 4.79 Å². The third kappa shape index (κ3) is 3.47. The third-order valence-electron chi connectivity index (χ3n) is 2.50. The Balaban J connectivity index is 1.74. The average Bonchev–Trinajstić information content (AvgIpc) is 2.99. The number of nitrogens with one attached hydrogen (secondary N) is 1. The molecule has 6 nitrogen and oxygen atoms in total. The number of thiazole rings is 1. The predicted molar refractivity (Wildman–Crippen MR) is 62.3 cm³/mol. The fourth-order valence-corrected chi connectivity index (χ4v) is 2.29. The minimum atomic E-state index is -0.370. The Bertz CT molecular complexity index is 377. The molecule has 1 fully saturated rings. The first-order chi connectivity index (χ1) is 8.29. The summed E-state index contributed by atoms with van der Waals surface area (Å²) in [7, 11) is 0. The number of carbonyl (C=O) groups is 1. The fraction of sp³-hybridized carbons (Fsp3) is 0.600. The lowest BCUT2D eigenvalue weighted by molar-refractivity contribution is 0.0774. The zero-order chi connectivity index (χ0) is 12.1. The van der Waals surface area contributed by atoms with Crippen molar-refractivity contribution in [1.29, 1.82) is 0 Å². The van der Waals surface area contributed by atoms with Gasteiger partial charge < -0.3 is 9.47 Å². The van der Waals surface area contributed by atoms with Gasteiger partial charge in [0, 0.05) is 17.9 Å². The van der Waals surface area contributed by atoms with Gasteiger partial charge in [-0.2, -0.15) is 0 Å². The molecule has 0 bridgehead atoms. The molecule has 1 atom stereocenters. The van der Waals surface area contributed by atoms with E-state index in [1.807, 2.05) is 5.43 Å². The van der Waals surface area contributed by atoms with Gasteiger partial charge in [-0.1, -0.05) is 0 Å². The van der Waals surface area contributed by atoms with Gasteiger partial charge in [0.15, 0.2) is 5.01 Å². The number of hydrogen-bond donors (Lipinski definition) is 2. The minimum Gasteiger partial charge on any atom is -0.381 e. The van der Waals surface area contributed by atoms with Crippen LogP contribution >= 0.6 is 11.3 Å². The van der Waals surface area contributed by atoms with Crippen molar-refractivity contribution < 1.29 is 14.3 Å². The molecule has 7 heteroatoms. The molecule has 3 N–H and O–H groups in total. The summed E-state index contributed by atoms with van der Waals surface area (Å²) in [4.78, 5) is 15.3. The zero-order valence-corrected chi connectivity index (χ0v) is 10.2. The number of aromatic nitrogens is 1. The molecular formula is C10H15N3O3S. The number of nitrogens with zero attached hydrogens (tertiary/aromatic N) is 1. The van der Waals surface area contributed by atoms with Crippen molar-refractivity contribution in [3.8, 4) is 0 Å². The summed E-state index contributed by atoms with van der Waals surface area (Å²) in [5.41, 5.74) is 2.80. The Labute approximate surface area is 103 Å². The van der Waals surface area contributed by atoms with Gasteiger partial charge in [0.25, 0.3) is 5.91 Å². The lowest BCUT2D eigenvalue weighted by atomic mass is 10.1. The number of nitrogens with two attached hydrogens (primary N) is 1. The smallest absolute Gasteiger partial charge is 0.294 e. The summed E-state index contributed by atoms with van der Waals surface area (Å²) in [5.74, 6) is 5.13. The van der Waals surface area contributed by atoms with E-state index in [2.05, 4.69) is 4.98 Å². The minimum absolute atomic E-state index is 0.357. The van der Waals surface area contributed by atoms with Crippen LogP contribution in [0, 0.1) is 5.92 Å². The second-order valence-corrected chi connectivity index (χ2v) is 4.72. The van der Waals surface area contributed by atoms with Crippen LogP contribution in [0.2, 0.25) is 0 Å². The molecule has 2 rings (SSSR count). The molecule has 0 spiro atoms. The summed E-state index contributed by atoms with van der Waals surface area (Å²) < 4.78 is 10.8. The van der Waals surface area contributed by atoms with E-state index in [1.165, 1.54) is 11.3 Å². The van der Waals surface area contributed by atoms with Gasteiger partial charge in [0.1, 0.15) is 0 Å². The first-order valence-corrected chi connectivity index (χ1v) is 6.28. The molecule has 1 aliphatic heterocycles. The molecule has 0 aliphatic carbocycles. The molecule has 2 heterocycles. The van der Waals surface area contributed by atoms with Crippen molar-refractivity contribution in [3.63, 3.8) is 0 Å². The molecule has 1 saturated heterocycles. The average molecular weight is 257 g/mol. The molecule has 1 unspecified atom stereocenters. The number of rotatable bonds is 5. The summed E-state index contributed by atoms with van der Waals surface area (Å²) in [6.07, 6.45) is 1.05. The van der Waals surface area contributed by atoms with Gasteiger partial charge in [0.05, 0.1) is 25.5 Å². The van der Waals surface area contributed by atoms with Gasteiger partial charge in [0.2, 0.25) is 0 Å². The second-order valence-electron chi connectivity index (χ2n) is 3.86. The van der Waals surface area contributed by atoms with Crippen LogP contribution in [0.3, 0.4) is 0 Å². The molecule has 0 radical (unpaired) electrons. The molecule has 0 saturated carbocycles. The number of ether oxygens (including phenoxy) is 2. The van der Waals surface area contributed by atoms with Crippen LogP contribution in [0.1, 0.15) is 21.9 Å². The van der Waals surface area contributed by atoms with E-state index in [0.29, 0.717) is 24.1 Å². The molecular weight excluding hydrogens is 242 g/mol. The molecule has 17 heavy (non-hydrogen) atoms. The molecule has 1 amide bonds. The van der Waals surface area contributed by atoms with Crippen molar-refractivity contribution in [1.82, 2.24) is 10.4 Å². The van der Waals surface area contributed by atoms with Crippen LogP contribution in [0.25, 0.3) is 0 Å². The SMILES string of the molecule is NNC(=O)c1nc(COCC2CCOC2)cs1. The van der Waals surface area contributed by atoms with E-state index in [4.69, 9.17) is 15.3 Å². The Morgan fingerprint density at radius 1 is 1.76 bits per heavy atom. The van der Waals surface area contributed by atoms with Crippen LogP contribution < -0.4 is 11.3 Å². The summed E-state index contributed by atoms with van der Waals surface area (Å²) in [6, 6.07) is 0. The standard InChI is InChI=1S/C10H15N3O3S/c11-13-9(14)10-12-8(6-17-10)5-16-4-7-1-2-15-3-7/h6-7H,1-5,11H2,(H,13,14). The van der Waals surface area contributed by atoms with Gasteiger partial charge in [-0.3, -0.25) is 10.2 Å². The highest BCUT2D eigenvalue weighted by Gasteiger charge is 2.16. The largest absolute Gasteiger partial charge is 0.381 e. The van der Waals surface area contributed by atoms with E-state index in [0.717, 1.165) is 25.3 Å². The predicted octanol–water partition coefficient (Wildman–Crippen LogP) is 0.300. The first-order valence-electron chi connectivity index (χ1n) is 5.40. The number of hydrazine groups is 1. The Hall–Kier alpha value is -1.02. The topological polar surface area (TPSA) is 86.5 Å². The van der Waals surface area contributed by atoms with Gasteiger partial charge >= 0.3 is 0 Å². The van der Waals surface area contributed by atoms with E-state index in [-0.39, 0.29) is 5.91 Å². The molecule has 0 aromatic carbocycles. The quantitative estimate of drug-likeness (QED) is 0.450. The maximum atomic E-state index is 11.2. The number of carbonyl (C=O) groups excluding carboxylic acids is 1. The number of hydrogen-bond acceptors (Lipinski definition) is 6. The summed E-state index contributed by atoms with van der Waals surface area (Å²) >= 11 is 1.26. The number of amides is 1. The van der Waals surface area contributed by atoms with E-state index in [1.54, 1.807) is 5.38 Å². The maximum absolute atomic E-state index is 11.2. The highest BCUT2D eigenvalue weighted by Crippen LogP contribution is 2.14. The van der Waals surface area contributed by atoms with Gasteiger partial charge in [-0.05, 0) is 6.42 Å². The monoisotopic (exact) mass is 257 g/mol. The lowest BCUT2D eigenvalue weighted by Gasteiger charge is -2.06. The van der Waals surface area contributed by atoms with Crippen LogP contribution in [0.15, 0.2) is 5.38 Å². The van der Waals surface area contributed by atoms with Crippen molar-refractivity contribution in [2.45, 2.75) is 13.0 Å². The highest BCUT2D eigenvalue weighted by molar-refractivity contribution is 7.11. The van der Waals surface area contributed by atoms with Crippen molar-refractivity contribution in [2.75, 3.05) is 19.8 Å². The molecule has 1 aromatic heterocycles. The van der Waals surface area contributed by atoms with Crippen LogP contribution in [-0.2, 0) is 16.1 Å². The van der Waals surface area contributed by atoms with Crippen molar-refractivity contribution >= 4 is 17.2 Å². The molecule has 1 aromatic rings. The van der Waals surface area contributed by atoms with E-state index >= 15 is 0 Å². The zero-order valence-electron chi connectivity index (χ0n) is 9.35. The highest BCUT2D eigenvalue weighted by atomic mass is 32.1. The number of nitrogen functional groups attached to an aromatic ring is 1. The van der Waals surface area contributed by atoms with Crippen LogP contribution in [-0.4, -0.2) is 30.7 Å². The van der Waals surface area contributed by atoms with Crippen molar-refractivity contribution in [3.05, 3.63) is 16.1 Å². The van der Waals surface area contributed by atoms with Crippen molar-refractivity contribution in [2.24, 2.45) is 11.8 Å². The maximum Gasteiger partial charge on any atom is 0.294 e. The second kappa shape index (κ2) is 6.06. The summed E-state index contributed by atoms with van der Waals surface area (Å²) in [6.45, 7) is 2.70. The lowest BCUT2D eigenvalue weighted by Crippen LogP contribution is -2.29. The Kier molecular flexibility index (Phi) is 4.43. The summed E-state index contributed by atoms with van der Waals surface area (Å²) in [5, 5.41) is 2.16. The van der Waals surface area contributed by atoms with Gasteiger partial charge in [-0.15, -0.1) is 11.3 Å². The molecule has 94 valence electrons. The Morgan fingerprint density at radius 3 is 3.35 bits per heavy atom. The third-order valence-corrected chi connectivity index (χ3v) is 3.39. The molecule has 1 aliphatic rings.